The van der Waals surface area contributed by atoms with Gasteiger partial charge in [-0.3, -0.25) is 9.59 Å². The Labute approximate surface area is 101 Å². The van der Waals surface area contributed by atoms with Crippen molar-refractivity contribution in [2.24, 2.45) is 0 Å². The molecule has 1 atom stereocenters. The van der Waals surface area contributed by atoms with Crippen molar-refractivity contribution < 1.29 is 30.0 Å². The van der Waals surface area contributed by atoms with Crippen LogP contribution in [0.2, 0.25) is 0 Å². The van der Waals surface area contributed by atoms with E-state index in [9.17, 15) is 30.0 Å². The molecule has 18 heavy (non-hydrogen) atoms. The minimum Gasteiger partial charge on any atom is -0.507 e. The summed E-state index contributed by atoms with van der Waals surface area (Å²) in [7, 11) is 0. The van der Waals surface area contributed by atoms with Crippen LogP contribution in [0.15, 0.2) is 12.1 Å². The lowest BCUT2D eigenvalue weighted by Crippen LogP contribution is -2.19. The molecule has 1 aliphatic rings. The minimum absolute atomic E-state index is 0.0478. The zero-order valence-corrected chi connectivity index (χ0v) is 9.34. The molecule has 0 saturated heterocycles. The van der Waals surface area contributed by atoms with Crippen LogP contribution in [-0.4, -0.2) is 32.0 Å². The van der Waals surface area contributed by atoms with E-state index in [1.807, 2.05) is 0 Å². The van der Waals surface area contributed by atoms with E-state index in [2.05, 4.69) is 0 Å². The number of carbonyl (C=O) groups is 2. The third-order valence-electron chi connectivity index (χ3n) is 2.73. The highest BCUT2D eigenvalue weighted by Crippen LogP contribution is 2.41. The van der Waals surface area contributed by atoms with Crippen LogP contribution < -0.4 is 0 Å². The van der Waals surface area contributed by atoms with Gasteiger partial charge < -0.3 is 20.4 Å². The van der Waals surface area contributed by atoms with Crippen LogP contribution in [-0.2, 0) is 4.79 Å². The second-order valence-corrected chi connectivity index (χ2v) is 3.98. The molecule has 2 rings (SSSR count). The Morgan fingerprint density at radius 2 is 1.72 bits per heavy atom. The van der Waals surface area contributed by atoms with Gasteiger partial charge in [-0.2, -0.15) is 0 Å². The number of ketones is 2. The Kier molecular flexibility index (Phi) is 2.59. The van der Waals surface area contributed by atoms with Crippen LogP contribution in [0.1, 0.15) is 34.5 Å². The summed E-state index contributed by atoms with van der Waals surface area (Å²) in [6, 6.07) is 0.989. The van der Waals surface area contributed by atoms with Crippen molar-refractivity contribution in [3.63, 3.8) is 0 Å². The first-order chi connectivity index (χ1) is 8.34. The maximum atomic E-state index is 11.6. The number of carbonyl (C=O) groups excluding carboxylic acids is 2. The largest absolute Gasteiger partial charge is 0.507 e. The zero-order valence-electron chi connectivity index (χ0n) is 9.34. The monoisotopic (exact) mass is 250 g/mol. The van der Waals surface area contributed by atoms with Crippen LogP contribution in [0, 0.1) is 0 Å². The molecule has 0 spiro atoms. The first kappa shape index (κ1) is 12.1. The highest BCUT2D eigenvalue weighted by molar-refractivity contribution is 6.51. The fraction of sp³-hybridized carbons (Fsp3) is 0.167. The van der Waals surface area contributed by atoms with Gasteiger partial charge in [0.1, 0.15) is 17.3 Å². The molecule has 0 aliphatic heterocycles. The van der Waals surface area contributed by atoms with Gasteiger partial charge in [0.25, 0.3) is 0 Å². The van der Waals surface area contributed by atoms with Gasteiger partial charge in [-0.15, -0.1) is 0 Å². The number of phenolic OH excluding ortho intramolecular Hbond substituents is 2. The molecule has 1 aromatic carbocycles. The van der Waals surface area contributed by atoms with Crippen LogP contribution in [0.4, 0.5) is 0 Å². The van der Waals surface area contributed by atoms with Crippen molar-refractivity contribution in [3.8, 4) is 11.5 Å². The zero-order chi connectivity index (χ0) is 13.6. The lowest BCUT2D eigenvalue weighted by Gasteiger charge is -2.18. The molecule has 0 radical (unpaired) electrons. The van der Waals surface area contributed by atoms with Crippen LogP contribution in [0.5, 0.6) is 11.5 Å². The smallest absolute Gasteiger partial charge is 0.237 e. The highest BCUT2D eigenvalue weighted by Gasteiger charge is 2.33. The topological polar surface area (TPSA) is 115 Å². The normalized spacial score (nSPS) is 16.2. The van der Waals surface area contributed by atoms with Gasteiger partial charge in [0, 0.05) is 11.6 Å². The van der Waals surface area contributed by atoms with E-state index in [0.717, 1.165) is 6.07 Å². The van der Waals surface area contributed by atoms with E-state index < -0.39 is 40.5 Å². The number of phenols is 2. The predicted molar refractivity (Wildman–Crippen MR) is 60.3 cm³/mol. The minimum atomic E-state index is -1.11. The molecule has 1 aliphatic carbocycles. The summed E-state index contributed by atoms with van der Waals surface area (Å²) in [5.74, 6) is -3.73. The SMILES string of the molecule is C[C@H](O)c1cc(O)c2c(c1O)C(O)=CC(=O)C2=O. The number of hydrogen-bond donors (Lipinski definition) is 4. The number of fused-ring (bicyclic) bond motifs is 1. The number of aliphatic hydroxyl groups is 2. The summed E-state index contributed by atoms with van der Waals surface area (Å²) < 4.78 is 0. The third kappa shape index (κ3) is 1.54. The van der Waals surface area contributed by atoms with Crippen LogP contribution >= 0.6 is 0 Å². The second kappa shape index (κ2) is 3.85. The Morgan fingerprint density at radius 1 is 1.11 bits per heavy atom. The molecule has 6 heteroatoms. The molecule has 0 fully saturated rings. The average molecular weight is 250 g/mol. The summed E-state index contributed by atoms with van der Waals surface area (Å²) >= 11 is 0. The highest BCUT2D eigenvalue weighted by atomic mass is 16.3. The summed E-state index contributed by atoms with van der Waals surface area (Å²) in [4.78, 5) is 22.8. The molecule has 4 N–H and O–H groups in total. The van der Waals surface area contributed by atoms with Crippen molar-refractivity contribution in [1.29, 1.82) is 0 Å². The predicted octanol–water partition coefficient (Wildman–Crippen LogP) is 0.815. The van der Waals surface area contributed by atoms with Crippen molar-refractivity contribution in [3.05, 3.63) is 28.8 Å². The third-order valence-corrected chi connectivity index (χ3v) is 2.73. The van der Waals surface area contributed by atoms with Gasteiger partial charge in [-0.05, 0) is 13.0 Å². The maximum Gasteiger partial charge on any atom is 0.237 e. The van der Waals surface area contributed by atoms with E-state index in [4.69, 9.17) is 0 Å². The Morgan fingerprint density at radius 3 is 2.28 bits per heavy atom. The second-order valence-electron chi connectivity index (χ2n) is 3.98. The van der Waals surface area contributed by atoms with Gasteiger partial charge in [-0.25, -0.2) is 0 Å². The fourth-order valence-electron chi connectivity index (χ4n) is 1.86. The fourth-order valence-corrected chi connectivity index (χ4v) is 1.86. The molecule has 0 saturated carbocycles. The molecule has 1 aromatic rings. The molecular formula is C12H10O6. The van der Waals surface area contributed by atoms with Crippen molar-refractivity contribution in [2.75, 3.05) is 0 Å². The van der Waals surface area contributed by atoms with E-state index in [1.165, 1.54) is 6.92 Å². The average Bonchev–Trinajstić information content (AvgIpc) is 2.28. The standard InChI is InChI=1S/C12H10O6/c1-4(13)5-2-6(14)10-9(11(5)17)7(15)3-8(16)12(10)18/h2-4,13-15,17H,1H3/t4-/m0/s1. The number of aliphatic hydroxyl groups excluding tert-OH is 2. The van der Waals surface area contributed by atoms with E-state index in [-0.39, 0.29) is 11.1 Å². The molecule has 0 unspecified atom stereocenters. The summed E-state index contributed by atoms with van der Waals surface area (Å²) in [5, 5.41) is 38.6. The van der Waals surface area contributed by atoms with Gasteiger partial charge in [0.05, 0.1) is 17.2 Å². The van der Waals surface area contributed by atoms with E-state index >= 15 is 0 Å². The lowest BCUT2D eigenvalue weighted by molar-refractivity contribution is -0.111. The van der Waals surface area contributed by atoms with Crippen molar-refractivity contribution in [1.82, 2.24) is 0 Å². The number of Topliss-reactive ketones (excluding diaryl/α,β-unsaturated/α-hetero) is 1. The number of rotatable bonds is 1. The molecule has 0 amide bonds. The number of aromatic hydroxyl groups is 2. The summed E-state index contributed by atoms with van der Waals surface area (Å²) in [6.45, 7) is 1.34. The number of benzene rings is 1. The first-order valence-electron chi connectivity index (χ1n) is 5.11. The Hall–Kier alpha value is -2.34. The van der Waals surface area contributed by atoms with Gasteiger partial charge >= 0.3 is 0 Å². The van der Waals surface area contributed by atoms with Gasteiger partial charge in [0.15, 0.2) is 0 Å². The van der Waals surface area contributed by atoms with E-state index in [1.54, 1.807) is 0 Å². The first-order valence-corrected chi connectivity index (χ1v) is 5.11. The molecule has 0 bridgehead atoms. The number of hydrogen-bond acceptors (Lipinski definition) is 6. The summed E-state index contributed by atoms with van der Waals surface area (Å²) in [6.07, 6.45) is -0.447. The van der Waals surface area contributed by atoms with E-state index in [0.29, 0.717) is 6.08 Å². The van der Waals surface area contributed by atoms with Gasteiger partial charge in [0.2, 0.25) is 11.6 Å². The number of allylic oxidation sites excluding steroid dienone is 1. The molecule has 0 aromatic heterocycles. The molecule has 6 nitrogen and oxygen atoms in total. The Balaban J connectivity index is 2.85. The quantitative estimate of drug-likeness (QED) is 0.433. The van der Waals surface area contributed by atoms with Gasteiger partial charge in [-0.1, -0.05) is 0 Å². The Bertz CT molecular complexity index is 597. The van der Waals surface area contributed by atoms with Crippen molar-refractivity contribution in [2.45, 2.75) is 13.0 Å². The van der Waals surface area contributed by atoms with Crippen molar-refractivity contribution >= 4 is 17.3 Å². The maximum absolute atomic E-state index is 11.6. The van der Waals surface area contributed by atoms with Crippen LogP contribution in [0.3, 0.4) is 0 Å². The molecule has 94 valence electrons. The van der Waals surface area contributed by atoms with Crippen LogP contribution in [0.25, 0.3) is 5.76 Å². The molecular weight excluding hydrogens is 240 g/mol. The summed E-state index contributed by atoms with van der Waals surface area (Å²) in [5.41, 5.74) is -0.842. The lowest BCUT2D eigenvalue weighted by atomic mass is 9.89. The molecule has 0 heterocycles.